The van der Waals surface area contributed by atoms with E-state index >= 15 is 0 Å². The van der Waals surface area contributed by atoms with Gasteiger partial charge in [-0.2, -0.15) is 0 Å². The molecule has 1 aliphatic heterocycles. The first kappa shape index (κ1) is 11.2. The zero-order valence-electron chi connectivity index (χ0n) is 8.80. The Kier molecular flexibility index (Phi) is 2.73. The first-order chi connectivity index (χ1) is 6.97. The summed E-state index contributed by atoms with van der Waals surface area (Å²) in [6, 6.07) is 0.0231. The molecule has 1 aliphatic carbocycles. The van der Waals surface area contributed by atoms with Gasteiger partial charge in [0, 0.05) is 12.6 Å². The first-order valence-electron chi connectivity index (χ1n) is 5.31. The van der Waals surface area contributed by atoms with Crippen molar-refractivity contribution in [1.82, 2.24) is 5.32 Å². The monoisotopic (exact) mass is 221 g/mol. The predicted molar refractivity (Wildman–Crippen MR) is 50.9 cm³/mol. The minimum Gasteiger partial charge on any atom is -0.390 e. The van der Waals surface area contributed by atoms with E-state index in [4.69, 9.17) is 9.84 Å². The summed E-state index contributed by atoms with van der Waals surface area (Å²) in [5, 5.41) is 11.2. The van der Waals surface area contributed by atoms with Crippen LogP contribution in [0.2, 0.25) is 0 Å². The maximum Gasteiger partial charge on any atom is 0.282 e. The van der Waals surface area contributed by atoms with Gasteiger partial charge in [0.1, 0.15) is 6.61 Å². The fourth-order valence-corrected chi connectivity index (χ4v) is 2.55. The summed E-state index contributed by atoms with van der Waals surface area (Å²) in [7, 11) is 0. The Morgan fingerprint density at radius 3 is 2.93 bits per heavy atom. The van der Waals surface area contributed by atoms with Gasteiger partial charge in [0.25, 0.3) is 5.92 Å². The number of rotatable bonds is 4. The molecule has 1 saturated carbocycles. The number of aliphatic hydroxyl groups is 1. The van der Waals surface area contributed by atoms with Gasteiger partial charge in [0.2, 0.25) is 0 Å². The fraction of sp³-hybridized carbons (Fsp3) is 1.00. The molecular weight excluding hydrogens is 204 g/mol. The quantitative estimate of drug-likeness (QED) is 0.737. The summed E-state index contributed by atoms with van der Waals surface area (Å²) in [5.41, 5.74) is 0.187. The van der Waals surface area contributed by atoms with E-state index in [0.29, 0.717) is 0 Å². The highest BCUT2D eigenvalue weighted by Gasteiger charge is 2.54. The van der Waals surface area contributed by atoms with Gasteiger partial charge in [-0.15, -0.1) is 0 Å². The van der Waals surface area contributed by atoms with Gasteiger partial charge in [0.05, 0.1) is 12.6 Å². The molecule has 0 aromatic carbocycles. The molecule has 3 nitrogen and oxygen atoms in total. The largest absolute Gasteiger partial charge is 0.390 e. The molecule has 2 fully saturated rings. The lowest BCUT2D eigenvalue weighted by Crippen LogP contribution is -2.60. The van der Waals surface area contributed by atoms with Crippen LogP contribution < -0.4 is 5.32 Å². The van der Waals surface area contributed by atoms with Crippen molar-refractivity contribution in [2.75, 3.05) is 19.8 Å². The van der Waals surface area contributed by atoms with Crippen LogP contribution in [0.1, 0.15) is 19.8 Å². The maximum absolute atomic E-state index is 12.8. The lowest BCUT2D eigenvalue weighted by molar-refractivity contribution is -0.0822. The second-order valence-electron chi connectivity index (χ2n) is 4.90. The first-order valence-corrected chi connectivity index (χ1v) is 5.31. The third-order valence-corrected chi connectivity index (χ3v) is 3.56. The van der Waals surface area contributed by atoms with Gasteiger partial charge in [-0.25, -0.2) is 8.78 Å². The number of fused-ring (bicyclic) bond motifs is 1. The lowest BCUT2D eigenvalue weighted by Gasteiger charge is -2.48. The maximum atomic E-state index is 12.8. The molecule has 0 amide bonds. The second kappa shape index (κ2) is 3.64. The average molecular weight is 221 g/mol. The number of hydrogen-bond acceptors (Lipinski definition) is 3. The van der Waals surface area contributed by atoms with Crippen LogP contribution in [0.3, 0.4) is 0 Å². The number of ether oxygens (including phenoxy) is 1. The van der Waals surface area contributed by atoms with Crippen molar-refractivity contribution in [3.05, 3.63) is 0 Å². The molecule has 88 valence electrons. The van der Waals surface area contributed by atoms with Crippen LogP contribution in [0.25, 0.3) is 0 Å². The summed E-state index contributed by atoms with van der Waals surface area (Å²) >= 11 is 0. The summed E-state index contributed by atoms with van der Waals surface area (Å²) in [4.78, 5) is 0. The van der Waals surface area contributed by atoms with Gasteiger partial charge in [-0.05, 0) is 18.3 Å². The Hall–Kier alpha value is -0.260. The highest BCUT2D eigenvalue weighted by Crippen LogP contribution is 2.50. The van der Waals surface area contributed by atoms with Crippen LogP contribution in [-0.2, 0) is 4.74 Å². The molecule has 0 bridgehead atoms. The molecular formula is C10H17F2NO2. The lowest BCUT2D eigenvalue weighted by atomic mass is 9.64. The van der Waals surface area contributed by atoms with Crippen LogP contribution in [0.15, 0.2) is 0 Å². The SMILES string of the molecule is C[C@@]12CCO[C@@H]1C(NCC(F)(F)CO)C2. The Morgan fingerprint density at radius 2 is 2.33 bits per heavy atom. The van der Waals surface area contributed by atoms with Crippen LogP contribution in [0.5, 0.6) is 0 Å². The van der Waals surface area contributed by atoms with Crippen LogP contribution in [0.4, 0.5) is 8.78 Å². The van der Waals surface area contributed by atoms with E-state index in [1.807, 2.05) is 0 Å². The Morgan fingerprint density at radius 1 is 1.60 bits per heavy atom. The van der Waals surface area contributed by atoms with Gasteiger partial charge in [-0.1, -0.05) is 6.92 Å². The topological polar surface area (TPSA) is 41.5 Å². The van der Waals surface area contributed by atoms with Gasteiger partial charge < -0.3 is 15.2 Å². The Labute approximate surface area is 87.8 Å². The number of nitrogens with one attached hydrogen (secondary N) is 1. The van der Waals surface area contributed by atoms with E-state index in [0.717, 1.165) is 19.4 Å². The predicted octanol–water partition coefficient (Wildman–Crippen LogP) is 0.771. The minimum atomic E-state index is -3.02. The molecule has 2 rings (SSSR count). The molecule has 0 aromatic heterocycles. The molecule has 1 unspecified atom stereocenters. The van der Waals surface area contributed by atoms with Crippen molar-refractivity contribution in [1.29, 1.82) is 0 Å². The van der Waals surface area contributed by atoms with Crippen molar-refractivity contribution in [3.8, 4) is 0 Å². The Bertz CT molecular complexity index is 250. The van der Waals surface area contributed by atoms with E-state index in [-0.39, 0.29) is 17.6 Å². The summed E-state index contributed by atoms with van der Waals surface area (Å²) in [5.74, 6) is -3.02. The van der Waals surface area contributed by atoms with Crippen LogP contribution in [-0.4, -0.2) is 42.9 Å². The normalized spacial score (nSPS) is 40.0. The molecule has 5 heteroatoms. The number of hydrogen-bond donors (Lipinski definition) is 2. The molecule has 1 heterocycles. The molecule has 0 spiro atoms. The zero-order chi connectivity index (χ0) is 11.1. The van der Waals surface area contributed by atoms with Crippen LogP contribution >= 0.6 is 0 Å². The summed E-state index contributed by atoms with van der Waals surface area (Å²) in [6.45, 7) is 1.29. The molecule has 3 atom stereocenters. The number of aliphatic hydroxyl groups excluding tert-OH is 1. The highest BCUT2D eigenvalue weighted by atomic mass is 19.3. The van der Waals surface area contributed by atoms with Gasteiger partial charge in [0.15, 0.2) is 0 Å². The van der Waals surface area contributed by atoms with E-state index < -0.39 is 19.1 Å². The van der Waals surface area contributed by atoms with E-state index in [1.165, 1.54) is 0 Å². The zero-order valence-corrected chi connectivity index (χ0v) is 8.80. The van der Waals surface area contributed by atoms with E-state index in [2.05, 4.69) is 12.2 Å². The Balaban J connectivity index is 1.79. The average Bonchev–Trinajstić information content (AvgIpc) is 2.46. The van der Waals surface area contributed by atoms with Crippen molar-refractivity contribution < 1.29 is 18.6 Å². The molecule has 1 saturated heterocycles. The van der Waals surface area contributed by atoms with Crippen molar-refractivity contribution in [2.45, 2.75) is 37.8 Å². The van der Waals surface area contributed by atoms with Crippen molar-refractivity contribution >= 4 is 0 Å². The number of halogens is 2. The third-order valence-electron chi connectivity index (χ3n) is 3.56. The summed E-state index contributed by atoms with van der Waals surface area (Å²) in [6.07, 6.45) is 1.98. The highest BCUT2D eigenvalue weighted by molar-refractivity contribution is 5.07. The minimum absolute atomic E-state index is 0.0231. The molecule has 0 radical (unpaired) electrons. The van der Waals surface area contributed by atoms with Gasteiger partial charge >= 0.3 is 0 Å². The molecule has 0 aromatic rings. The molecule has 2 N–H and O–H groups in total. The van der Waals surface area contributed by atoms with E-state index in [1.54, 1.807) is 0 Å². The third kappa shape index (κ3) is 2.00. The van der Waals surface area contributed by atoms with E-state index in [9.17, 15) is 8.78 Å². The molecule has 15 heavy (non-hydrogen) atoms. The smallest absolute Gasteiger partial charge is 0.282 e. The van der Waals surface area contributed by atoms with Crippen molar-refractivity contribution in [3.63, 3.8) is 0 Å². The van der Waals surface area contributed by atoms with Gasteiger partial charge in [-0.3, -0.25) is 0 Å². The number of alkyl halides is 2. The van der Waals surface area contributed by atoms with Crippen molar-refractivity contribution in [2.24, 2.45) is 5.41 Å². The second-order valence-corrected chi connectivity index (χ2v) is 4.90. The summed E-state index contributed by atoms with van der Waals surface area (Å²) < 4.78 is 31.0. The molecule has 2 aliphatic rings. The standard InChI is InChI=1S/C10H17F2NO2/c1-9-2-3-15-8(9)7(4-9)13-5-10(11,12)6-14/h7-8,13-14H,2-6H2,1H3/t7?,8-,9+/m1/s1. The van der Waals surface area contributed by atoms with Crippen LogP contribution in [0, 0.1) is 5.41 Å². The fourth-order valence-electron chi connectivity index (χ4n) is 2.55.